The van der Waals surface area contributed by atoms with E-state index >= 15 is 0 Å². The van der Waals surface area contributed by atoms with Crippen LogP contribution in [0.3, 0.4) is 0 Å². The Morgan fingerprint density at radius 2 is 1.38 bits per heavy atom. The van der Waals surface area contributed by atoms with Crippen molar-refractivity contribution in [3.8, 4) is 39.5 Å². The fourth-order valence-electron chi connectivity index (χ4n) is 7.63. The van der Waals surface area contributed by atoms with Crippen LogP contribution in [0.25, 0.3) is 72.4 Å². The molecule has 0 atom stereocenters. The molecule has 0 aliphatic carbocycles. The molecule has 9 rings (SSSR count). The number of fused-ring (bicyclic) bond motifs is 4. The maximum atomic E-state index is 8.54. The van der Waals surface area contributed by atoms with Crippen LogP contribution in [0.4, 0.5) is 0 Å². The molecular weight excluding hydrogens is 887 g/mol. The van der Waals surface area contributed by atoms with Gasteiger partial charge in [0.25, 0.3) is 0 Å². The molecule has 3 aromatic heterocycles. The summed E-state index contributed by atoms with van der Waals surface area (Å²) in [4.78, 5) is 9.41. The smallest absolute Gasteiger partial charge is 0.129 e. The van der Waals surface area contributed by atoms with Gasteiger partial charge in [0.15, 0.2) is 0 Å². The minimum absolute atomic E-state index is 0. The Balaban J connectivity index is 0.000000200. The largest absolute Gasteiger partial charge is 0.500 e. The summed E-state index contributed by atoms with van der Waals surface area (Å²) >= 11 is 0. The second-order valence-corrected chi connectivity index (χ2v) is 15.2. The van der Waals surface area contributed by atoms with E-state index in [0.717, 1.165) is 38.8 Å². The van der Waals surface area contributed by atoms with Crippen LogP contribution in [-0.4, -0.2) is 14.5 Å². The van der Waals surface area contributed by atoms with E-state index in [1.807, 2.05) is 54.6 Å². The monoisotopic (exact) mass is 943 g/mol. The molecule has 293 valence electrons. The van der Waals surface area contributed by atoms with Crippen LogP contribution in [0.15, 0.2) is 138 Å². The maximum absolute atomic E-state index is 8.54. The van der Waals surface area contributed by atoms with Gasteiger partial charge < -0.3 is 14.0 Å². The van der Waals surface area contributed by atoms with Gasteiger partial charge in [-0.1, -0.05) is 131 Å². The first-order valence-corrected chi connectivity index (χ1v) is 19.4. The Hall–Kier alpha value is -5.61. The Bertz CT molecular complexity index is 3100. The molecule has 0 bridgehead atoms. The third kappa shape index (κ3) is 7.57. The van der Waals surface area contributed by atoms with Crippen LogP contribution < -0.4 is 0 Å². The summed E-state index contributed by atoms with van der Waals surface area (Å²) in [6.07, 6.45) is 1.30. The summed E-state index contributed by atoms with van der Waals surface area (Å²) in [5, 5.41) is 1.50. The van der Waals surface area contributed by atoms with Gasteiger partial charge in [0.05, 0.1) is 22.4 Å². The molecule has 0 aliphatic rings. The quantitative estimate of drug-likeness (QED) is 0.150. The van der Waals surface area contributed by atoms with E-state index in [1.165, 1.54) is 23.0 Å². The molecule has 0 saturated heterocycles. The molecule has 0 N–H and O–H groups in total. The molecule has 0 aliphatic heterocycles. The van der Waals surface area contributed by atoms with Gasteiger partial charge in [0.1, 0.15) is 5.58 Å². The third-order valence-corrected chi connectivity index (χ3v) is 10.4. The van der Waals surface area contributed by atoms with Gasteiger partial charge in [-0.25, -0.2) is 0 Å². The molecule has 0 amide bonds. The van der Waals surface area contributed by atoms with Crippen molar-refractivity contribution in [1.29, 1.82) is 0 Å². The molecule has 1 radical (unpaired) electrons. The number of nitrogens with zero attached hydrogens (tertiary/aromatic N) is 3. The van der Waals surface area contributed by atoms with Crippen molar-refractivity contribution < 1.29 is 34.1 Å². The fraction of sp³-hybridized carbons (Fsp3) is 0.208. The first kappa shape index (κ1) is 32.4. The van der Waals surface area contributed by atoms with Gasteiger partial charge in [-0.05, 0) is 82.6 Å². The number of pyridine rings is 1. The molecular formula is C53H49IrN3O-2. The molecule has 3 heterocycles. The minimum Gasteiger partial charge on any atom is -0.500 e. The van der Waals surface area contributed by atoms with Gasteiger partial charge in [0, 0.05) is 52.5 Å². The average molecular weight is 943 g/mol. The van der Waals surface area contributed by atoms with Crippen molar-refractivity contribution in [2.24, 2.45) is 0 Å². The summed E-state index contributed by atoms with van der Waals surface area (Å²) < 4.78 is 65.3. The van der Waals surface area contributed by atoms with Crippen molar-refractivity contribution in [2.45, 2.75) is 73.0 Å². The van der Waals surface area contributed by atoms with Crippen LogP contribution in [0.5, 0.6) is 0 Å². The Morgan fingerprint density at radius 1 is 0.672 bits per heavy atom. The predicted molar refractivity (Wildman–Crippen MR) is 238 cm³/mol. The first-order chi connectivity index (χ1) is 30.3. The number of furan rings is 1. The Morgan fingerprint density at radius 3 is 2.07 bits per heavy atom. The van der Waals surface area contributed by atoms with E-state index in [4.69, 9.17) is 19.0 Å². The van der Waals surface area contributed by atoms with Crippen molar-refractivity contribution in [3.63, 3.8) is 0 Å². The van der Waals surface area contributed by atoms with Gasteiger partial charge in [-0.15, -0.1) is 54.1 Å². The second-order valence-electron chi connectivity index (χ2n) is 15.2. The van der Waals surface area contributed by atoms with Crippen LogP contribution in [0, 0.1) is 25.8 Å². The number of rotatable bonds is 7. The summed E-state index contributed by atoms with van der Waals surface area (Å²) in [7, 11) is 0. The van der Waals surface area contributed by atoms with Gasteiger partial charge >= 0.3 is 0 Å². The Labute approximate surface area is 366 Å². The van der Waals surface area contributed by atoms with E-state index in [0.29, 0.717) is 45.4 Å². The minimum atomic E-state index is -2.41. The number of aryl methyl sites for hydroxylation is 2. The van der Waals surface area contributed by atoms with Crippen molar-refractivity contribution in [3.05, 3.63) is 174 Å². The van der Waals surface area contributed by atoms with Gasteiger partial charge in [-0.3, -0.25) is 4.98 Å². The topological polar surface area (TPSA) is 43.9 Å². The zero-order valence-electron chi connectivity index (χ0n) is 40.4. The van der Waals surface area contributed by atoms with Crippen molar-refractivity contribution >= 4 is 33.0 Å². The Kier molecular flexibility index (Phi) is 9.53. The first-order valence-electron chi connectivity index (χ1n) is 22.9. The summed E-state index contributed by atoms with van der Waals surface area (Å²) in [5.74, 6) is 0.616. The second kappa shape index (κ2) is 17.1. The number of imidazole rings is 1. The van der Waals surface area contributed by atoms with Crippen LogP contribution in [0.1, 0.15) is 96.7 Å². The van der Waals surface area contributed by atoms with E-state index in [9.17, 15) is 0 Å². The molecule has 6 aromatic carbocycles. The summed E-state index contributed by atoms with van der Waals surface area (Å²) in [5.41, 5.74) is 10.7. The van der Waals surface area contributed by atoms with Gasteiger partial charge in [-0.2, -0.15) is 0 Å². The molecule has 0 fully saturated rings. The fourth-order valence-corrected chi connectivity index (χ4v) is 7.63. The average Bonchev–Trinajstić information content (AvgIpc) is 3.84. The molecule has 58 heavy (non-hydrogen) atoms. The number of para-hydroxylation sites is 3. The zero-order valence-corrected chi connectivity index (χ0v) is 35.8. The molecule has 5 heteroatoms. The summed E-state index contributed by atoms with van der Waals surface area (Å²) in [6, 6.07) is 47.5. The normalized spacial score (nSPS) is 13.8. The SMILES string of the molecule is CC(C)c1cccc(C(C)C)c1-n1c(-c2[c-]cccc2)nc2ccccc21.[2H]C([2H])([2H])c1cnc(-c2[c-]ccc3c2oc2c(-c4ccccc4)c(C([2H])([2H])[2H])ccc23)cc1C([2H])(C)C.[Ir]. The zero-order chi connectivity index (χ0) is 45.7. The molecule has 0 spiro atoms. The van der Waals surface area contributed by atoms with E-state index < -0.39 is 19.6 Å². The standard InChI is InChI=1S/C28H24NO.C25H25N2.Ir/c1-17(2)24-15-25(29-16-19(24)4)23-12-8-11-21-22-14-13-18(3)26(28(22)30-27(21)23)20-9-6-5-7-10-20;1-17(2)20-13-10-14-21(18(3)4)24(20)27-23-16-9-8-15-22(23)26-25(27)19-11-6-5-7-12-19;/h5-11,13-17H,1-4H3;5-11,13-18H,1-4H3;/q2*-1;/i3D3,4D3,17D;;. The number of benzene rings is 6. The molecule has 4 nitrogen and oxygen atoms in total. The molecule has 0 unspecified atom stereocenters. The summed E-state index contributed by atoms with van der Waals surface area (Å²) in [6.45, 7) is 7.54. The van der Waals surface area contributed by atoms with E-state index in [1.54, 1.807) is 38.1 Å². The number of hydrogen-bond acceptors (Lipinski definition) is 3. The molecule has 0 saturated carbocycles. The van der Waals surface area contributed by atoms with Crippen LogP contribution >= 0.6 is 0 Å². The molecule has 9 aromatic rings. The maximum Gasteiger partial charge on any atom is 0.129 e. The van der Waals surface area contributed by atoms with Crippen LogP contribution in [-0.2, 0) is 20.1 Å². The van der Waals surface area contributed by atoms with E-state index in [-0.39, 0.29) is 31.2 Å². The predicted octanol–water partition coefficient (Wildman–Crippen LogP) is 14.6. The van der Waals surface area contributed by atoms with E-state index in [2.05, 4.69) is 97.9 Å². The van der Waals surface area contributed by atoms with Crippen molar-refractivity contribution in [1.82, 2.24) is 14.5 Å². The number of hydrogen-bond donors (Lipinski definition) is 0. The van der Waals surface area contributed by atoms with Gasteiger partial charge in [0.2, 0.25) is 0 Å². The number of aromatic nitrogens is 3. The van der Waals surface area contributed by atoms with Crippen LogP contribution in [0.2, 0.25) is 0 Å². The third-order valence-electron chi connectivity index (χ3n) is 10.4. The van der Waals surface area contributed by atoms with Crippen molar-refractivity contribution in [2.75, 3.05) is 0 Å².